The number of carbonyl (C=O) groups excluding carboxylic acids is 1. The fourth-order valence-electron chi connectivity index (χ4n) is 1.14. The maximum absolute atomic E-state index is 11.5. The van der Waals surface area contributed by atoms with E-state index >= 15 is 0 Å². The Labute approximate surface area is 95.0 Å². The molecule has 0 radical (unpaired) electrons. The van der Waals surface area contributed by atoms with Crippen molar-refractivity contribution >= 4 is 17.7 Å². The summed E-state index contributed by atoms with van der Waals surface area (Å²) >= 11 is 1.76. The monoisotopic (exact) mass is 224 g/mol. The molecule has 15 heavy (non-hydrogen) atoms. The molecule has 1 aromatic rings. The zero-order valence-electron chi connectivity index (χ0n) is 9.32. The van der Waals surface area contributed by atoms with Crippen LogP contribution < -0.4 is 0 Å². The van der Waals surface area contributed by atoms with Crippen LogP contribution in [-0.4, -0.2) is 17.8 Å². The van der Waals surface area contributed by atoms with Gasteiger partial charge >= 0.3 is 5.97 Å². The van der Waals surface area contributed by atoms with E-state index in [0.717, 1.165) is 5.75 Å². The molecule has 0 aliphatic heterocycles. The van der Waals surface area contributed by atoms with Gasteiger partial charge in [0.25, 0.3) is 0 Å². The van der Waals surface area contributed by atoms with Crippen molar-refractivity contribution in [2.24, 2.45) is 0 Å². The minimum absolute atomic E-state index is 0.0674. The van der Waals surface area contributed by atoms with Crippen LogP contribution >= 0.6 is 11.8 Å². The van der Waals surface area contributed by atoms with Crippen molar-refractivity contribution in [3.05, 3.63) is 29.8 Å². The van der Waals surface area contributed by atoms with E-state index < -0.39 is 0 Å². The van der Waals surface area contributed by atoms with Crippen molar-refractivity contribution in [1.82, 2.24) is 0 Å². The molecule has 0 fully saturated rings. The van der Waals surface area contributed by atoms with Crippen molar-refractivity contribution in [2.75, 3.05) is 5.75 Å². The van der Waals surface area contributed by atoms with Gasteiger partial charge in [0.15, 0.2) is 0 Å². The quantitative estimate of drug-likeness (QED) is 0.579. The molecule has 0 N–H and O–H groups in total. The van der Waals surface area contributed by atoms with Crippen molar-refractivity contribution in [3.63, 3.8) is 0 Å². The predicted octanol–water partition coefficient (Wildman–Crippen LogP) is 3.36. The minimum Gasteiger partial charge on any atom is -0.459 e. The first kappa shape index (κ1) is 12.1. The lowest BCUT2D eigenvalue weighted by molar-refractivity contribution is 0.0378. The molecule has 0 spiro atoms. The van der Waals surface area contributed by atoms with Gasteiger partial charge < -0.3 is 4.74 Å². The molecule has 2 nitrogen and oxygen atoms in total. The van der Waals surface area contributed by atoms with E-state index in [1.54, 1.807) is 11.8 Å². The molecule has 3 heteroatoms. The van der Waals surface area contributed by atoms with Crippen molar-refractivity contribution in [2.45, 2.75) is 31.8 Å². The van der Waals surface area contributed by atoms with Gasteiger partial charge in [0.2, 0.25) is 0 Å². The van der Waals surface area contributed by atoms with Crippen LogP contribution in [0.15, 0.2) is 29.2 Å². The van der Waals surface area contributed by atoms with Gasteiger partial charge in [-0.3, -0.25) is 0 Å². The Balaban J connectivity index is 2.67. The van der Waals surface area contributed by atoms with Crippen molar-refractivity contribution in [3.8, 4) is 0 Å². The number of esters is 1. The lowest BCUT2D eigenvalue weighted by Crippen LogP contribution is -2.11. The van der Waals surface area contributed by atoms with Gasteiger partial charge in [-0.2, -0.15) is 0 Å². The van der Waals surface area contributed by atoms with Crippen LogP contribution in [0.4, 0.5) is 0 Å². The highest BCUT2D eigenvalue weighted by atomic mass is 32.2. The van der Waals surface area contributed by atoms with E-state index in [1.807, 2.05) is 38.1 Å². The second-order valence-electron chi connectivity index (χ2n) is 3.41. The first-order valence-electron chi connectivity index (χ1n) is 5.07. The Kier molecular flexibility index (Phi) is 4.69. The zero-order valence-corrected chi connectivity index (χ0v) is 10.1. The van der Waals surface area contributed by atoms with E-state index in [2.05, 4.69) is 6.92 Å². The smallest absolute Gasteiger partial charge is 0.338 e. The SMILES string of the molecule is CCSc1ccc(C(=O)OC(C)C)cc1. The van der Waals surface area contributed by atoms with Gasteiger partial charge in [-0.25, -0.2) is 4.79 Å². The van der Waals surface area contributed by atoms with Crippen LogP contribution in [0.5, 0.6) is 0 Å². The molecule has 0 bridgehead atoms. The molecule has 1 aromatic carbocycles. The number of thioether (sulfide) groups is 1. The van der Waals surface area contributed by atoms with Gasteiger partial charge in [0.1, 0.15) is 0 Å². The fraction of sp³-hybridized carbons (Fsp3) is 0.417. The van der Waals surface area contributed by atoms with Crippen molar-refractivity contribution in [1.29, 1.82) is 0 Å². The maximum atomic E-state index is 11.5. The molecule has 82 valence electrons. The number of benzene rings is 1. The summed E-state index contributed by atoms with van der Waals surface area (Å²) in [4.78, 5) is 12.7. The van der Waals surface area contributed by atoms with E-state index in [1.165, 1.54) is 4.90 Å². The summed E-state index contributed by atoms with van der Waals surface area (Å²) in [5, 5.41) is 0. The topological polar surface area (TPSA) is 26.3 Å². The zero-order chi connectivity index (χ0) is 11.3. The average Bonchev–Trinajstić information content (AvgIpc) is 2.18. The molecule has 0 aliphatic rings. The van der Waals surface area contributed by atoms with E-state index in [9.17, 15) is 4.79 Å². The van der Waals surface area contributed by atoms with Crippen LogP contribution in [0.2, 0.25) is 0 Å². The molecular weight excluding hydrogens is 208 g/mol. The highest BCUT2D eigenvalue weighted by Gasteiger charge is 2.08. The van der Waals surface area contributed by atoms with Crippen molar-refractivity contribution < 1.29 is 9.53 Å². The summed E-state index contributed by atoms with van der Waals surface area (Å²) in [6.45, 7) is 5.80. The normalized spacial score (nSPS) is 10.4. The summed E-state index contributed by atoms with van der Waals surface area (Å²) in [5.41, 5.74) is 0.615. The number of hydrogen-bond acceptors (Lipinski definition) is 3. The van der Waals surface area contributed by atoms with E-state index in [0.29, 0.717) is 5.56 Å². The van der Waals surface area contributed by atoms with Gasteiger partial charge in [0, 0.05) is 4.90 Å². The second-order valence-corrected chi connectivity index (χ2v) is 4.75. The largest absolute Gasteiger partial charge is 0.459 e. The molecule has 0 aromatic heterocycles. The van der Waals surface area contributed by atoms with Gasteiger partial charge in [-0.05, 0) is 43.9 Å². The van der Waals surface area contributed by atoms with Crippen LogP contribution in [0.1, 0.15) is 31.1 Å². The third-order valence-corrected chi connectivity index (χ3v) is 2.64. The highest BCUT2D eigenvalue weighted by Crippen LogP contribution is 2.18. The second kappa shape index (κ2) is 5.81. The molecule has 0 heterocycles. The van der Waals surface area contributed by atoms with E-state index in [4.69, 9.17) is 4.74 Å². The molecule has 0 saturated carbocycles. The Morgan fingerprint density at radius 1 is 1.33 bits per heavy atom. The molecule has 1 rings (SSSR count). The van der Waals surface area contributed by atoms with Crippen LogP contribution in [-0.2, 0) is 4.74 Å². The van der Waals surface area contributed by atoms with Gasteiger partial charge in [-0.1, -0.05) is 6.92 Å². The highest BCUT2D eigenvalue weighted by molar-refractivity contribution is 7.99. The molecule has 0 unspecified atom stereocenters. The van der Waals surface area contributed by atoms with Gasteiger partial charge in [0.05, 0.1) is 11.7 Å². The number of hydrogen-bond donors (Lipinski definition) is 0. The predicted molar refractivity (Wildman–Crippen MR) is 63.4 cm³/mol. The van der Waals surface area contributed by atoms with E-state index in [-0.39, 0.29) is 12.1 Å². The maximum Gasteiger partial charge on any atom is 0.338 e. The molecule has 0 saturated heterocycles. The minimum atomic E-state index is -0.252. The number of carbonyl (C=O) groups is 1. The van der Waals surface area contributed by atoms with Crippen LogP contribution in [0, 0.1) is 0 Å². The summed E-state index contributed by atoms with van der Waals surface area (Å²) in [6.07, 6.45) is -0.0674. The molecular formula is C12H16O2S. The first-order chi connectivity index (χ1) is 7.13. The fourth-order valence-corrected chi connectivity index (χ4v) is 1.80. The molecule has 0 amide bonds. The third kappa shape index (κ3) is 3.96. The van der Waals surface area contributed by atoms with Gasteiger partial charge in [-0.15, -0.1) is 11.8 Å². The summed E-state index contributed by atoms with van der Waals surface area (Å²) in [7, 11) is 0. The first-order valence-corrected chi connectivity index (χ1v) is 6.06. The summed E-state index contributed by atoms with van der Waals surface area (Å²) in [6, 6.07) is 7.52. The van der Waals surface area contributed by atoms with Crippen LogP contribution in [0.25, 0.3) is 0 Å². The lowest BCUT2D eigenvalue weighted by Gasteiger charge is -2.07. The number of ether oxygens (including phenoxy) is 1. The Morgan fingerprint density at radius 3 is 2.40 bits per heavy atom. The molecule has 0 atom stereocenters. The Morgan fingerprint density at radius 2 is 1.93 bits per heavy atom. The number of rotatable bonds is 4. The molecule has 0 aliphatic carbocycles. The Hall–Kier alpha value is -0.960. The summed E-state index contributed by atoms with van der Waals surface area (Å²) in [5.74, 6) is 0.786. The standard InChI is InChI=1S/C12H16O2S/c1-4-15-11-7-5-10(6-8-11)12(13)14-9(2)3/h5-9H,4H2,1-3H3. The Bertz CT molecular complexity index is 317. The summed E-state index contributed by atoms with van der Waals surface area (Å²) < 4.78 is 5.09. The van der Waals surface area contributed by atoms with Crippen LogP contribution in [0.3, 0.4) is 0 Å². The lowest BCUT2D eigenvalue weighted by atomic mass is 10.2. The third-order valence-electron chi connectivity index (χ3n) is 1.74. The average molecular weight is 224 g/mol.